The average molecular weight is 523 g/mol. The van der Waals surface area contributed by atoms with Crippen LogP contribution in [0.5, 0.6) is 0 Å². The number of esters is 1. The number of hydrogen-bond donors (Lipinski definition) is 1. The molecule has 3 heterocycles. The maximum atomic E-state index is 13.5. The minimum Gasteiger partial charge on any atom is -0.503 e. The van der Waals surface area contributed by atoms with E-state index in [4.69, 9.17) is 4.74 Å². The lowest BCUT2D eigenvalue weighted by atomic mass is 9.85. The molecular formula is C27H26N2O5S2. The lowest BCUT2D eigenvalue weighted by Gasteiger charge is -2.26. The molecule has 0 radical (unpaired) electrons. The molecule has 1 N–H and O–H groups in total. The van der Waals surface area contributed by atoms with Crippen LogP contribution < -0.4 is 4.90 Å². The minimum absolute atomic E-state index is 0.0189. The molecule has 0 bridgehead atoms. The summed E-state index contributed by atoms with van der Waals surface area (Å²) in [5.41, 5.74) is 2.00. The Labute approximate surface area is 217 Å². The molecule has 36 heavy (non-hydrogen) atoms. The molecule has 9 heteroatoms. The van der Waals surface area contributed by atoms with Gasteiger partial charge in [0.05, 0.1) is 22.2 Å². The van der Waals surface area contributed by atoms with Crippen LogP contribution in [0, 0.1) is 6.92 Å². The van der Waals surface area contributed by atoms with Gasteiger partial charge < -0.3 is 9.84 Å². The number of benzene rings is 1. The highest BCUT2D eigenvalue weighted by atomic mass is 32.1. The van der Waals surface area contributed by atoms with E-state index in [2.05, 4.69) is 32.3 Å². The van der Waals surface area contributed by atoms with E-state index in [1.54, 1.807) is 24.4 Å². The van der Waals surface area contributed by atoms with Gasteiger partial charge in [0.1, 0.15) is 11.5 Å². The summed E-state index contributed by atoms with van der Waals surface area (Å²) >= 11 is 2.21. The zero-order valence-corrected chi connectivity index (χ0v) is 22.0. The number of hydrogen-bond acceptors (Lipinski definition) is 8. The Bertz CT molecular complexity index is 1360. The van der Waals surface area contributed by atoms with Crippen LogP contribution in [0.25, 0.3) is 0 Å². The summed E-state index contributed by atoms with van der Waals surface area (Å²) in [5, 5.41) is 12.9. The monoisotopic (exact) mass is 522 g/mol. The Hall–Kier alpha value is -3.56. The first kappa shape index (κ1) is 25.5. The molecule has 1 atom stereocenters. The number of aliphatic hydroxyl groups is 1. The van der Waals surface area contributed by atoms with E-state index in [-0.39, 0.29) is 27.6 Å². The lowest BCUT2D eigenvalue weighted by molar-refractivity contribution is -0.117. The van der Waals surface area contributed by atoms with E-state index in [0.29, 0.717) is 16.1 Å². The fourth-order valence-corrected chi connectivity index (χ4v) is 5.60. The summed E-state index contributed by atoms with van der Waals surface area (Å²) < 4.78 is 5.14. The molecule has 1 aliphatic heterocycles. The van der Waals surface area contributed by atoms with Gasteiger partial charge in [-0.2, -0.15) is 0 Å². The molecule has 2 aromatic heterocycles. The smallest absolute Gasteiger partial charge is 0.350 e. The first-order chi connectivity index (χ1) is 17.0. The van der Waals surface area contributed by atoms with E-state index in [0.717, 1.165) is 16.9 Å². The summed E-state index contributed by atoms with van der Waals surface area (Å²) in [5.74, 6) is -2.38. The Balaban J connectivity index is 1.83. The average Bonchev–Trinajstić information content (AvgIpc) is 3.56. The van der Waals surface area contributed by atoms with Crippen molar-refractivity contribution in [1.29, 1.82) is 0 Å². The van der Waals surface area contributed by atoms with Gasteiger partial charge in [0, 0.05) is 0 Å². The first-order valence-corrected chi connectivity index (χ1v) is 12.9. The highest BCUT2D eigenvalue weighted by Crippen LogP contribution is 2.44. The van der Waals surface area contributed by atoms with Crippen molar-refractivity contribution in [2.24, 2.45) is 0 Å². The van der Waals surface area contributed by atoms with Crippen molar-refractivity contribution in [1.82, 2.24) is 4.98 Å². The SMILES string of the molecule is C=CCOC(=O)c1sc(N2C(=O)C(O)=C(C(=O)c3cccs3)C2c2ccc(C(C)(C)C)cc2)nc1C. The summed E-state index contributed by atoms with van der Waals surface area (Å²) in [7, 11) is 0. The molecule has 0 saturated heterocycles. The minimum atomic E-state index is -0.913. The standard InChI is InChI=1S/C27H26N2O5S2/c1-6-13-34-25(33)23-15(2)28-26(36-23)29-20(16-9-11-17(12-10-16)27(3,4)5)19(22(31)24(29)32)21(30)18-8-7-14-35-18/h6-12,14,20,31H,1,13H2,2-5H3. The van der Waals surface area contributed by atoms with Gasteiger partial charge in [-0.1, -0.05) is 75.1 Å². The Morgan fingerprint density at radius 3 is 2.50 bits per heavy atom. The summed E-state index contributed by atoms with van der Waals surface area (Å²) in [4.78, 5) is 45.7. The third-order valence-electron chi connectivity index (χ3n) is 5.80. The van der Waals surface area contributed by atoms with Crippen molar-refractivity contribution >= 4 is 45.5 Å². The maximum Gasteiger partial charge on any atom is 0.350 e. The Morgan fingerprint density at radius 2 is 1.92 bits per heavy atom. The largest absolute Gasteiger partial charge is 0.503 e. The van der Waals surface area contributed by atoms with Gasteiger partial charge in [-0.05, 0) is 34.9 Å². The van der Waals surface area contributed by atoms with Crippen molar-refractivity contribution in [2.45, 2.75) is 39.2 Å². The molecule has 0 saturated carbocycles. The van der Waals surface area contributed by atoms with Crippen molar-refractivity contribution in [3.8, 4) is 0 Å². The normalized spacial score (nSPS) is 15.9. The van der Waals surface area contributed by atoms with Gasteiger partial charge in [-0.3, -0.25) is 14.5 Å². The molecule has 0 aliphatic carbocycles. The molecule has 1 aliphatic rings. The molecule has 0 spiro atoms. The summed E-state index contributed by atoms with van der Waals surface area (Å²) in [6.07, 6.45) is 1.46. The first-order valence-electron chi connectivity index (χ1n) is 11.3. The predicted molar refractivity (Wildman–Crippen MR) is 141 cm³/mol. The second-order valence-corrected chi connectivity index (χ2v) is 11.2. The quantitative estimate of drug-likeness (QED) is 0.234. The number of carbonyl (C=O) groups excluding carboxylic acids is 3. The zero-order chi connectivity index (χ0) is 26.2. The second-order valence-electron chi connectivity index (χ2n) is 9.32. The number of thiazole rings is 1. The number of amides is 1. The third kappa shape index (κ3) is 4.64. The summed E-state index contributed by atoms with van der Waals surface area (Å²) in [6.45, 7) is 11.5. The number of carbonyl (C=O) groups is 3. The van der Waals surface area contributed by atoms with Crippen LogP contribution in [0.3, 0.4) is 0 Å². The van der Waals surface area contributed by atoms with Crippen LogP contribution in [0.4, 0.5) is 5.13 Å². The van der Waals surface area contributed by atoms with Gasteiger partial charge in [-0.25, -0.2) is 9.78 Å². The number of aryl methyl sites for hydroxylation is 1. The van der Waals surface area contributed by atoms with E-state index in [1.165, 1.54) is 22.3 Å². The number of ether oxygens (including phenoxy) is 1. The van der Waals surface area contributed by atoms with Crippen molar-refractivity contribution in [3.63, 3.8) is 0 Å². The molecule has 1 aromatic carbocycles. The molecular weight excluding hydrogens is 496 g/mol. The molecule has 3 aromatic rings. The predicted octanol–water partition coefficient (Wildman–Crippen LogP) is 5.94. The Kier molecular flexibility index (Phi) is 6.97. The van der Waals surface area contributed by atoms with Gasteiger partial charge in [0.2, 0.25) is 5.78 Å². The summed E-state index contributed by atoms with van der Waals surface area (Å²) in [6, 6.07) is 10.1. The van der Waals surface area contributed by atoms with Crippen LogP contribution in [-0.2, 0) is 14.9 Å². The molecule has 1 unspecified atom stereocenters. The number of nitrogens with zero attached hydrogens (tertiary/aromatic N) is 2. The van der Waals surface area contributed by atoms with Crippen molar-refractivity contribution in [2.75, 3.05) is 11.5 Å². The van der Waals surface area contributed by atoms with Crippen molar-refractivity contribution in [3.05, 3.63) is 92.3 Å². The van der Waals surface area contributed by atoms with Gasteiger partial charge in [-0.15, -0.1) is 11.3 Å². The van der Waals surface area contributed by atoms with Gasteiger partial charge in [0.25, 0.3) is 5.91 Å². The highest BCUT2D eigenvalue weighted by molar-refractivity contribution is 7.17. The van der Waals surface area contributed by atoms with E-state index < -0.39 is 29.5 Å². The molecule has 186 valence electrons. The van der Waals surface area contributed by atoms with Gasteiger partial charge in [0.15, 0.2) is 10.9 Å². The lowest BCUT2D eigenvalue weighted by Crippen LogP contribution is -2.31. The number of anilines is 1. The van der Waals surface area contributed by atoms with Crippen LogP contribution >= 0.6 is 22.7 Å². The zero-order valence-electron chi connectivity index (χ0n) is 20.4. The Morgan fingerprint density at radius 1 is 1.22 bits per heavy atom. The fraction of sp³-hybridized carbons (Fsp3) is 0.259. The van der Waals surface area contributed by atoms with Crippen LogP contribution in [-0.4, -0.2) is 34.4 Å². The number of Topliss-reactive ketones (excluding diaryl/α,β-unsaturated/α-hetero) is 1. The maximum absolute atomic E-state index is 13.5. The van der Waals surface area contributed by atoms with Crippen LogP contribution in [0.15, 0.2) is 65.8 Å². The number of thiophene rings is 1. The van der Waals surface area contributed by atoms with E-state index in [9.17, 15) is 19.5 Å². The van der Waals surface area contributed by atoms with Crippen LogP contribution in [0.2, 0.25) is 0 Å². The van der Waals surface area contributed by atoms with E-state index >= 15 is 0 Å². The number of aliphatic hydroxyl groups excluding tert-OH is 1. The van der Waals surface area contributed by atoms with Gasteiger partial charge >= 0.3 is 5.97 Å². The van der Waals surface area contributed by atoms with E-state index in [1.807, 2.05) is 24.3 Å². The molecule has 0 fully saturated rings. The third-order valence-corrected chi connectivity index (χ3v) is 7.80. The fourth-order valence-electron chi connectivity index (χ4n) is 3.93. The number of aromatic nitrogens is 1. The van der Waals surface area contributed by atoms with Crippen LogP contribution in [0.1, 0.15) is 63.0 Å². The number of rotatable bonds is 7. The van der Waals surface area contributed by atoms with Crippen molar-refractivity contribution < 1.29 is 24.2 Å². The second kappa shape index (κ2) is 9.83. The number of ketones is 1. The molecule has 1 amide bonds. The molecule has 4 rings (SSSR count). The molecule has 7 nitrogen and oxygen atoms in total. The highest BCUT2D eigenvalue weighted by Gasteiger charge is 2.46. The topological polar surface area (TPSA) is 96.8 Å².